The number of nitrogens with two attached hydrogens (primary N) is 1. The zero-order valence-electron chi connectivity index (χ0n) is 10.2. The summed E-state index contributed by atoms with van der Waals surface area (Å²) in [5.74, 6) is 0. The highest BCUT2D eigenvalue weighted by atomic mass is 79.9. The highest BCUT2D eigenvalue weighted by Crippen LogP contribution is 2.32. The van der Waals surface area contributed by atoms with Crippen molar-refractivity contribution in [3.63, 3.8) is 0 Å². The molecule has 0 spiro atoms. The normalized spacial score (nSPS) is 26.6. The van der Waals surface area contributed by atoms with Gasteiger partial charge in [0.15, 0.2) is 0 Å². The molecular formula is C12H19BrN2OS. The van der Waals surface area contributed by atoms with Crippen LogP contribution < -0.4 is 5.73 Å². The van der Waals surface area contributed by atoms with Crippen LogP contribution in [0, 0.1) is 0 Å². The zero-order valence-corrected chi connectivity index (χ0v) is 12.6. The summed E-state index contributed by atoms with van der Waals surface area (Å²) in [6, 6.07) is 2.93. The van der Waals surface area contributed by atoms with Crippen molar-refractivity contribution < 1.29 is 4.74 Å². The lowest BCUT2D eigenvalue weighted by molar-refractivity contribution is 0.0692. The summed E-state index contributed by atoms with van der Waals surface area (Å²) in [5.41, 5.74) is 5.94. The maximum Gasteiger partial charge on any atom is 0.0703 e. The van der Waals surface area contributed by atoms with E-state index in [-0.39, 0.29) is 0 Å². The SMILES string of the molecule is CC1OCCC1N(C)C(CN)c1cc(Br)cs1. The van der Waals surface area contributed by atoms with Crippen LogP contribution in [0.4, 0.5) is 0 Å². The second kappa shape index (κ2) is 5.80. The van der Waals surface area contributed by atoms with Crippen LogP contribution in [-0.4, -0.2) is 37.2 Å². The first kappa shape index (κ1) is 13.5. The molecule has 1 fully saturated rings. The van der Waals surface area contributed by atoms with Gasteiger partial charge in [0.1, 0.15) is 0 Å². The van der Waals surface area contributed by atoms with Crippen molar-refractivity contribution in [1.29, 1.82) is 0 Å². The molecule has 0 saturated carbocycles. The molecule has 1 aliphatic rings. The maximum atomic E-state index is 5.94. The van der Waals surface area contributed by atoms with Gasteiger partial charge in [0, 0.05) is 33.9 Å². The van der Waals surface area contributed by atoms with E-state index in [9.17, 15) is 0 Å². The third-order valence-corrected chi connectivity index (χ3v) is 5.29. The third kappa shape index (κ3) is 2.90. The summed E-state index contributed by atoms with van der Waals surface area (Å²) in [5, 5.41) is 2.11. The highest BCUT2D eigenvalue weighted by molar-refractivity contribution is 9.10. The standard InChI is InChI=1S/C12H19BrN2OS/c1-8-10(3-4-16-8)15(2)11(6-14)12-5-9(13)7-17-12/h5,7-8,10-11H,3-4,6,14H2,1-2H3. The Balaban J connectivity index is 2.12. The van der Waals surface area contributed by atoms with Crippen molar-refractivity contribution >= 4 is 27.3 Å². The molecule has 2 heterocycles. The molecule has 2 N–H and O–H groups in total. The van der Waals surface area contributed by atoms with E-state index in [2.05, 4.69) is 46.2 Å². The monoisotopic (exact) mass is 318 g/mol. The average Bonchev–Trinajstić information content (AvgIpc) is 2.88. The van der Waals surface area contributed by atoms with Crippen LogP contribution in [0.5, 0.6) is 0 Å². The molecule has 17 heavy (non-hydrogen) atoms. The number of ether oxygens (including phenoxy) is 1. The van der Waals surface area contributed by atoms with Crippen LogP contribution in [0.1, 0.15) is 24.3 Å². The highest BCUT2D eigenvalue weighted by Gasteiger charge is 2.32. The van der Waals surface area contributed by atoms with Crippen molar-refractivity contribution in [2.24, 2.45) is 5.73 Å². The fourth-order valence-corrected chi connectivity index (χ4v) is 4.08. The first-order chi connectivity index (χ1) is 8.13. The Kier molecular flexibility index (Phi) is 4.60. The molecule has 1 aliphatic heterocycles. The quantitative estimate of drug-likeness (QED) is 0.927. The molecule has 3 atom stereocenters. The van der Waals surface area contributed by atoms with E-state index in [0.717, 1.165) is 17.5 Å². The number of likely N-dealkylation sites (N-methyl/N-ethyl adjacent to an activating group) is 1. The summed E-state index contributed by atoms with van der Waals surface area (Å²) in [6.07, 6.45) is 1.40. The van der Waals surface area contributed by atoms with Crippen LogP contribution in [0.25, 0.3) is 0 Å². The molecule has 1 aromatic heterocycles. The zero-order chi connectivity index (χ0) is 12.4. The Hall–Kier alpha value is 0.0600. The molecule has 1 aromatic rings. The van der Waals surface area contributed by atoms with Gasteiger partial charge in [-0.05, 0) is 42.4 Å². The summed E-state index contributed by atoms with van der Waals surface area (Å²) < 4.78 is 6.77. The lowest BCUT2D eigenvalue weighted by Crippen LogP contribution is -2.41. The van der Waals surface area contributed by atoms with Crippen molar-refractivity contribution in [3.05, 3.63) is 20.8 Å². The molecule has 3 nitrogen and oxygen atoms in total. The van der Waals surface area contributed by atoms with Gasteiger partial charge in [-0.2, -0.15) is 0 Å². The van der Waals surface area contributed by atoms with Crippen molar-refractivity contribution in [2.45, 2.75) is 31.5 Å². The van der Waals surface area contributed by atoms with Gasteiger partial charge in [0.25, 0.3) is 0 Å². The van der Waals surface area contributed by atoms with Gasteiger partial charge in [-0.1, -0.05) is 0 Å². The number of nitrogens with zero attached hydrogens (tertiary/aromatic N) is 1. The molecule has 0 amide bonds. The Morgan fingerprint density at radius 3 is 2.94 bits per heavy atom. The Bertz CT molecular complexity index is 371. The number of halogens is 1. The summed E-state index contributed by atoms with van der Waals surface area (Å²) in [7, 11) is 2.15. The number of hydrogen-bond acceptors (Lipinski definition) is 4. The summed E-state index contributed by atoms with van der Waals surface area (Å²) in [4.78, 5) is 3.69. The van der Waals surface area contributed by atoms with Crippen LogP contribution in [0.15, 0.2) is 15.9 Å². The van der Waals surface area contributed by atoms with Crippen molar-refractivity contribution in [3.8, 4) is 0 Å². The van der Waals surface area contributed by atoms with E-state index in [0.29, 0.717) is 24.7 Å². The molecular weight excluding hydrogens is 300 g/mol. The number of thiophene rings is 1. The van der Waals surface area contributed by atoms with Gasteiger partial charge in [0.05, 0.1) is 12.1 Å². The molecule has 96 valence electrons. The smallest absolute Gasteiger partial charge is 0.0703 e. The molecule has 0 aromatic carbocycles. The van der Waals surface area contributed by atoms with Crippen LogP contribution in [0.3, 0.4) is 0 Å². The molecule has 0 radical (unpaired) electrons. The molecule has 2 rings (SSSR count). The lowest BCUT2D eigenvalue weighted by atomic mass is 10.1. The molecule has 5 heteroatoms. The van der Waals surface area contributed by atoms with E-state index in [4.69, 9.17) is 10.5 Å². The second-order valence-corrected chi connectivity index (χ2v) is 6.37. The number of rotatable bonds is 4. The fourth-order valence-electron chi connectivity index (χ4n) is 2.47. The minimum absolute atomic E-state index is 0.292. The van der Waals surface area contributed by atoms with E-state index < -0.39 is 0 Å². The van der Waals surface area contributed by atoms with E-state index in [1.165, 1.54) is 4.88 Å². The largest absolute Gasteiger partial charge is 0.377 e. The van der Waals surface area contributed by atoms with Gasteiger partial charge >= 0.3 is 0 Å². The van der Waals surface area contributed by atoms with Crippen LogP contribution in [-0.2, 0) is 4.74 Å². The van der Waals surface area contributed by atoms with Crippen LogP contribution in [0.2, 0.25) is 0 Å². The maximum absolute atomic E-state index is 5.94. The Morgan fingerprint density at radius 2 is 2.47 bits per heavy atom. The first-order valence-electron chi connectivity index (χ1n) is 5.91. The number of hydrogen-bond donors (Lipinski definition) is 1. The molecule has 1 saturated heterocycles. The minimum Gasteiger partial charge on any atom is -0.377 e. The Labute approximate surface area is 115 Å². The van der Waals surface area contributed by atoms with Gasteiger partial charge in [-0.3, -0.25) is 4.90 Å². The van der Waals surface area contributed by atoms with Crippen LogP contribution >= 0.6 is 27.3 Å². The fraction of sp³-hybridized carbons (Fsp3) is 0.667. The predicted octanol–water partition coefficient (Wildman–Crippen LogP) is 2.62. The van der Waals surface area contributed by atoms with E-state index in [1.807, 2.05) is 0 Å². The topological polar surface area (TPSA) is 38.5 Å². The lowest BCUT2D eigenvalue weighted by Gasteiger charge is -2.33. The average molecular weight is 319 g/mol. The summed E-state index contributed by atoms with van der Waals surface area (Å²) >= 11 is 5.26. The molecule has 3 unspecified atom stereocenters. The van der Waals surface area contributed by atoms with E-state index in [1.54, 1.807) is 11.3 Å². The van der Waals surface area contributed by atoms with Crippen molar-refractivity contribution in [1.82, 2.24) is 4.90 Å². The van der Waals surface area contributed by atoms with Gasteiger partial charge in [-0.15, -0.1) is 11.3 Å². The van der Waals surface area contributed by atoms with Crippen molar-refractivity contribution in [2.75, 3.05) is 20.2 Å². The van der Waals surface area contributed by atoms with Gasteiger partial charge < -0.3 is 10.5 Å². The second-order valence-electron chi connectivity index (χ2n) is 4.52. The summed E-state index contributed by atoms with van der Waals surface area (Å²) in [6.45, 7) is 3.65. The minimum atomic E-state index is 0.292. The Morgan fingerprint density at radius 1 is 1.71 bits per heavy atom. The van der Waals surface area contributed by atoms with Gasteiger partial charge in [0.2, 0.25) is 0 Å². The molecule has 0 aliphatic carbocycles. The van der Waals surface area contributed by atoms with Gasteiger partial charge in [-0.25, -0.2) is 0 Å². The molecule has 0 bridgehead atoms. The van der Waals surface area contributed by atoms with E-state index >= 15 is 0 Å². The predicted molar refractivity (Wildman–Crippen MR) is 75.4 cm³/mol. The first-order valence-corrected chi connectivity index (χ1v) is 7.58. The third-order valence-electron chi connectivity index (χ3n) is 3.49.